The van der Waals surface area contributed by atoms with Crippen LogP contribution in [0.15, 0.2) is 30.4 Å². The van der Waals surface area contributed by atoms with Crippen LogP contribution in [0.3, 0.4) is 0 Å². The van der Waals surface area contributed by atoms with E-state index >= 15 is 0 Å². The maximum Gasteiger partial charge on any atom is 0.265 e. The molecule has 0 atom stereocenters. The van der Waals surface area contributed by atoms with E-state index in [2.05, 4.69) is 28.9 Å². The van der Waals surface area contributed by atoms with Gasteiger partial charge in [-0.15, -0.1) is 0 Å². The zero-order valence-corrected chi connectivity index (χ0v) is 12.4. The summed E-state index contributed by atoms with van der Waals surface area (Å²) in [6, 6.07) is 6.09. The number of nitrogens with zero attached hydrogens (tertiary/aromatic N) is 2. The van der Waals surface area contributed by atoms with E-state index in [0.29, 0.717) is 6.54 Å². The van der Waals surface area contributed by atoms with E-state index in [1.54, 1.807) is 4.90 Å². The first-order valence-corrected chi connectivity index (χ1v) is 7.32. The highest BCUT2D eigenvalue weighted by Crippen LogP contribution is 2.36. The molecule has 1 aromatic rings. The fourth-order valence-electron chi connectivity index (χ4n) is 2.75. The van der Waals surface area contributed by atoms with Crippen molar-refractivity contribution >= 4 is 17.3 Å². The van der Waals surface area contributed by atoms with Gasteiger partial charge < -0.3 is 19.9 Å². The quantitative estimate of drug-likeness (QED) is 0.854. The summed E-state index contributed by atoms with van der Waals surface area (Å²) < 4.78 is 5.54. The van der Waals surface area contributed by atoms with E-state index in [1.807, 2.05) is 13.0 Å². The summed E-state index contributed by atoms with van der Waals surface area (Å²) in [7, 11) is 0. The first-order valence-electron chi connectivity index (χ1n) is 7.32. The summed E-state index contributed by atoms with van der Waals surface area (Å²) in [6.45, 7) is 10.4. The van der Waals surface area contributed by atoms with E-state index < -0.39 is 0 Å². The van der Waals surface area contributed by atoms with Crippen LogP contribution in [0.4, 0.5) is 11.4 Å². The second-order valence-electron chi connectivity index (χ2n) is 5.61. The highest BCUT2D eigenvalue weighted by Gasteiger charge is 2.26. The third-order valence-corrected chi connectivity index (χ3v) is 3.80. The van der Waals surface area contributed by atoms with Gasteiger partial charge >= 0.3 is 0 Å². The summed E-state index contributed by atoms with van der Waals surface area (Å²) in [5, 5.41) is 3.35. The highest BCUT2D eigenvalue weighted by atomic mass is 16.5. The molecular weight excluding hydrogens is 266 g/mol. The number of carbonyl (C=O) groups excluding carboxylic acids is 1. The summed E-state index contributed by atoms with van der Waals surface area (Å²) in [5.74, 6) is 0.762. The molecule has 0 saturated carbocycles. The van der Waals surface area contributed by atoms with E-state index in [-0.39, 0.29) is 12.5 Å². The van der Waals surface area contributed by atoms with Crippen molar-refractivity contribution in [1.82, 2.24) is 5.32 Å². The van der Waals surface area contributed by atoms with Crippen molar-refractivity contribution < 1.29 is 9.53 Å². The summed E-state index contributed by atoms with van der Waals surface area (Å²) in [5.41, 5.74) is 2.95. The molecule has 2 aliphatic rings. The van der Waals surface area contributed by atoms with E-state index in [4.69, 9.17) is 4.74 Å². The first kappa shape index (κ1) is 13.9. The number of anilines is 2. The predicted molar refractivity (Wildman–Crippen MR) is 84.2 cm³/mol. The molecule has 1 N–H and O–H groups in total. The Balaban J connectivity index is 1.92. The van der Waals surface area contributed by atoms with Crippen LogP contribution in [0.5, 0.6) is 5.75 Å². The summed E-state index contributed by atoms with van der Waals surface area (Å²) in [4.78, 5) is 16.2. The lowest BCUT2D eigenvalue weighted by atomic mass is 10.1. The third-order valence-electron chi connectivity index (χ3n) is 3.80. The monoisotopic (exact) mass is 287 g/mol. The van der Waals surface area contributed by atoms with Crippen LogP contribution in [-0.2, 0) is 4.79 Å². The molecule has 2 aliphatic heterocycles. The number of fused-ring (bicyclic) bond motifs is 1. The SMILES string of the molecule is C=C(C)CN1C(=O)COc2ccc(N3CCNCC3)cc21. The minimum absolute atomic E-state index is 0.0111. The predicted octanol–water partition coefficient (Wildman–Crippen LogP) is 1.40. The number of piperazine rings is 1. The van der Waals surface area contributed by atoms with Gasteiger partial charge in [-0.25, -0.2) is 0 Å². The number of nitrogens with one attached hydrogen (secondary N) is 1. The van der Waals surface area contributed by atoms with Crippen LogP contribution >= 0.6 is 0 Å². The van der Waals surface area contributed by atoms with Gasteiger partial charge in [0.25, 0.3) is 5.91 Å². The van der Waals surface area contributed by atoms with Gasteiger partial charge in [0.2, 0.25) is 0 Å². The normalized spacial score (nSPS) is 18.2. The lowest BCUT2D eigenvalue weighted by molar-refractivity contribution is -0.121. The molecule has 3 rings (SSSR count). The van der Waals surface area contributed by atoms with Crippen LogP contribution in [0.1, 0.15) is 6.92 Å². The molecule has 0 radical (unpaired) electrons. The molecule has 1 saturated heterocycles. The first-order chi connectivity index (χ1) is 10.1. The number of ether oxygens (including phenoxy) is 1. The topological polar surface area (TPSA) is 44.8 Å². The number of hydrogen-bond acceptors (Lipinski definition) is 4. The number of benzene rings is 1. The van der Waals surface area contributed by atoms with Crippen molar-refractivity contribution in [2.45, 2.75) is 6.92 Å². The van der Waals surface area contributed by atoms with Crippen molar-refractivity contribution in [3.05, 3.63) is 30.4 Å². The smallest absolute Gasteiger partial charge is 0.265 e. The van der Waals surface area contributed by atoms with Crippen molar-refractivity contribution in [3.8, 4) is 5.75 Å². The molecule has 2 heterocycles. The Morgan fingerprint density at radius 2 is 2.14 bits per heavy atom. The Kier molecular flexibility index (Phi) is 3.84. The van der Waals surface area contributed by atoms with E-state index in [9.17, 15) is 4.79 Å². The van der Waals surface area contributed by atoms with Crippen molar-refractivity contribution in [3.63, 3.8) is 0 Å². The van der Waals surface area contributed by atoms with Gasteiger partial charge in [0.05, 0.1) is 5.69 Å². The fourth-order valence-corrected chi connectivity index (χ4v) is 2.75. The molecule has 1 fully saturated rings. The van der Waals surface area contributed by atoms with Gasteiger partial charge in [0.1, 0.15) is 5.75 Å². The molecule has 0 spiro atoms. The molecule has 5 nitrogen and oxygen atoms in total. The van der Waals surface area contributed by atoms with Gasteiger partial charge in [0.15, 0.2) is 6.61 Å². The van der Waals surface area contributed by atoms with Crippen molar-refractivity contribution in [2.24, 2.45) is 0 Å². The minimum Gasteiger partial charge on any atom is -0.482 e. The average Bonchev–Trinajstić information content (AvgIpc) is 2.50. The second kappa shape index (κ2) is 5.77. The maximum absolute atomic E-state index is 12.1. The molecule has 0 aromatic heterocycles. The van der Waals surface area contributed by atoms with Crippen molar-refractivity contribution in [2.75, 3.05) is 49.1 Å². The second-order valence-corrected chi connectivity index (χ2v) is 5.61. The number of rotatable bonds is 3. The minimum atomic E-state index is -0.0111. The number of hydrogen-bond donors (Lipinski definition) is 1. The summed E-state index contributed by atoms with van der Waals surface area (Å²) in [6.07, 6.45) is 0. The third kappa shape index (κ3) is 2.88. The lowest BCUT2D eigenvalue weighted by Gasteiger charge is -2.33. The molecular formula is C16H21N3O2. The molecule has 112 valence electrons. The van der Waals surface area contributed by atoms with Crippen LogP contribution in [0, 0.1) is 0 Å². The standard InChI is InChI=1S/C16H21N3O2/c1-12(2)10-19-14-9-13(18-7-5-17-6-8-18)3-4-15(14)21-11-16(19)20/h3-4,9,17H,1,5-8,10-11H2,2H3. The Morgan fingerprint density at radius 3 is 2.86 bits per heavy atom. The molecule has 5 heteroatoms. The van der Waals surface area contributed by atoms with Crippen LogP contribution in [0.2, 0.25) is 0 Å². The van der Waals surface area contributed by atoms with Gasteiger partial charge in [-0.1, -0.05) is 12.2 Å². The number of amides is 1. The van der Waals surface area contributed by atoms with Crippen LogP contribution in [0.25, 0.3) is 0 Å². The molecule has 1 amide bonds. The van der Waals surface area contributed by atoms with Crippen LogP contribution in [-0.4, -0.2) is 45.2 Å². The number of carbonyl (C=O) groups is 1. The van der Waals surface area contributed by atoms with Crippen LogP contribution < -0.4 is 19.9 Å². The van der Waals surface area contributed by atoms with E-state index in [0.717, 1.165) is 48.9 Å². The summed E-state index contributed by atoms with van der Waals surface area (Å²) >= 11 is 0. The zero-order chi connectivity index (χ0) is 14.8. The molecule has 21 heavy (non-hydrogen) atoms. The lowest BCUT2D eigenvalue weighted by Crippen LogP contribution is -2.44. The largest absolute Gasteiger partial charge is 0.482 e. The van der Waals surface area contributed by atoms with Gasteiger partial charge in [-0.05, 0) is 25.1 Å². The van der Waals surface area contributed by atoms with Crippen molar-refractivity contribution in [1.29, 1.82) is 0 Å². The van der Waals surface area contributed by atoms with Gasteiger partial charge in [-0.3, -0.25) is 4.79 Å². The fraction of sp³-hybridized carbons (Fsp3) is 0.438. The van der Waals surface area contributed by atoms with E-state index in [1.165, 1.54) is 0 Å². The Labute approximate surface area is 125 Å². The molecule has 0 unspecified atom stereocenters. The average molecular weight is 287 g/mol. The van der Waals surface area contributed by atoms with Gasteiger partial charge in [0, 0.05) is 38.4 Å². The molecule has 1 aromatic carbocycles. The highest BCUT2D eigenvalue weighted by molar-refractivity contribution is 5.98. The molecule has 0 bridgehead atoms. The Morgan fingerprint density at radius 1 is 1.38 bits per heavy atom. The molecule has 0 aliphatic carbocycles. The Bertz CT molecular complexity index is 565. The zero-order valence-electron chi connectivity index (χ0n) is 12.4. The van der Waals surface area contributed by atoms with Gasteiger partial charge in [-0.2, -0.15) is 0 Å². The Hall–Kier alpha value is -2.01. The maximum atomic E-state index is 12.1.